The van der Waals surface area contributed by atoms with Crippen molar-refractivity contribution in [1.82, 2.24) is 4.90 Å². The SMILES string of the molecule is CCOc1cc([C@@H]2[C@@H]3CCCC[C@@]3(O)CCN2C/C=C/c2ccccc2)ccc1O. The second-order valence-corrected chi connectivity index (χ2v) is 8.62. The molecule has 2 aromatic carbocycles. The molecule has 0 bridgehead atoms. The predicted octanol–water partition coefficient (Wildman–Crippen LogP) is 5.17. The van der Waals surface area contributed by atoms with Crippen LogP contribution < -0.4 is 4.74 Å². The second kappa shape index (κ2) is 9.23. The summed E-state index contributed by atoms with van der Waals surface area (Å²) in [6.45, 7) is 4.13. The number of hydrogen-bond donors (Lipinski definition) is 2. The molecule has 3 atom stereocenters. The number of piperidine rings is 1. The van der Waals surface area contributed by atoms with Crippen molar-refractivity contribution in [3.63, 3.8) is 0 Å². The van der Waals surface area contributed by atoms with Gasteiger partial charge in [-0.25, -0.2) is 0 Å². The normalized spacial score (nSPS) is 27.1. The summed E-state index contributed by atoms with van der Waals surface area (Å²) in [6, 6.07) is 16.2. The minimum Gasteiger partial charge on any atom is -0.504 e. The Morgan fingerprint density at radius 3 is 2.77 bits per heavy atom. The molecule has 1 saturated carbocycles. The average molecular weight is 408 g/mol. The highest BCUT2D eigenvalue weighted by Crippen LogP contribution is 2.50. The molecule has 2 aliphatic rings. The number of phenols is 1. The molecule has 2 fully saturated rings. The van der Waals surface area contributed by atoms with Crippen molar-refractivity contribution in [1.29, 1.82) is 0 Å². The molecule has 4 nitrogen and oxygen atoms in total. The lowest BCUT2D eigenvalue weighted by Gasteiger charge is -2.52. The molecule has 2 aromatic rings. The molecule has 0 amide bonds. The van der Waals surface area contributed by atoms with Gasteiger partial charge < -0.3 is 14.9 Å². The van der Waals surface area contributed by atoms with Gasteiger partial charge in [-0.2, -0.15) is 0 Å². The maximum atomic E-state index is 11.4. The predicted molar refractivity (Wildman–Crippen MR) is 121 cm³/mol. The highest BCUT2D eigenvalue weighted by molar-refractivity contribution is 5.49. The first-order chi connectivity index (χ1) is 14.6. The first-order valence-corrected chi connectivity index (χ1v) is 11.2. The fourth-order valence-electron chi connectivity index (χ4n) is 5.26. The van der Waals surface area contributed by atoms with Crippen molar-refractivity contribution in [2.24, 2.45) is 5.92 Å². The van der Waals surface area contributed by atoms with Gasteiger partial charge in [0.25, 0.3) is 0 Å². The van der Waals surface area contributed by atoms with Crippen molar-refractivity contribution in [3.8, 4) is 11.5 Å². The number of nitrogens with zero attached hydrogens (tertiary/aromatic N) is 1. The maximum Gasteiger partial charge on any atom is 0.161 e. The Hall–Kier alpha value is -2.30. The zero-order valence-electron chi connectivity index (χ0n) is 17.8. The van der Waals surface area contributed by atoms with Crippen molar-refractivity contribution in [3.05, 3.63) is 65.7 Å². The highest BCUT2D eigenvalue weighted by Gasteiger charge is 2.48. The minimum atomic E-state index is -0.591. The van der Waals surface area contributed by atoms with Crippen LogP contribution >= 0.6 is 0 Å². The third-order valence-corrected chi connectivity index (χ3v) is 6.75. The van der Waals surface area contributed by atoms with E-state index in [1.165, 1.54) is 5.56 Å². The molecule has 1 heterocycles. The first kappa shape index (κ1) is 21.0. The summed E-state index contributed by atoms with van der Waals surface area (Å²) < 4.78 is 5.66. The van der Waals surface area contributed by atoms with Crippen LogP contribution in [0.1, 0.15) is 56.2 Å². The van der Waals surface area contributed by atoms with Crippen LogP contribution in [0.4, 0.5) is 0 Å². The fourth-order valence-corrected chi connectivity index (χ4v) is 5.26. The largest absolute Gasteiger partial charge is 0.504 e. The van der Waals surface area contributed by atoms with Gasteiger partial charge in [0, 0.05) is 25.0 Å². The number of benzene rings is 2. The molecular formula is C26H33NO3. The Morgan fingerprint density at radius 2 is 1.97 bits per heavy atom. The number of fused-ring (bicyclic) bond motifs is 1. The lowest BCUT2D eigenvalue weighted by atomic mass is 9.66. The van der Waals surface area contributed by atoms with E-state index in [0.717, 1.165) is 50.8 Å². The summed E-state index contributed by atoms with van der Waals surface area (Å²) in [5.74, 6) is 0.898. The van der Waals surface area contributed by atoms with E-state index >= 15 is 0 Å². The van der Waals surface area contributed by atoms with Crippen LogP contribution in [-0.4, -0.2) is 40.4 Å². The van der Waals surface area contributed by atoms with Gasteiger partial charge in [-0.15, -0.1) is 0 Å². The standard InChI is InChI=1S/C26H33NO3/c1-2-30-24-19-21(13-14-23(24)28)25-22-12-6-7-15-26(22,29)16-18-27(25)17-8-11-20-9-4-3-5-10-20/h3-5,8-11,13-14,19,22,25,28-29H,2,6-7,12,15-18H2,1H3/b11-8+/t22-,25+,26+/m0/s1. The monoisotopic (exact) mass is 407 g/mol. The lowest BCUT2D eigenvalue weighted by Crippen LogP contribution is -2.54. The van der Waals surface area contributed by atoms with Crippen molar-refractivity contribution >= 4 is 6.08 Å². The Morgan fingerprint density at radius 1 is 1.13 bits per heavy atom. The molecule has 0 aromatic heterocycles. The Balaban J connectivity index is 1.63. The van der Waals surface area contributed by atoms with E-state index < -0.39 is 5.60 Å². The molecule has 1 saturated heterocycles. The van der Waals surface area contributed by atoms with Crippen LogP contribution in [0.2, 0.25) is 0 Å². The van der Waals surface area contributed by atoms with Crippen LogP contribution in [0.15, 0.2) is 54.6 Å². The first-order valence-electron chi connectivity index (χ1n) is 11.2. The number of phenolic OH excluding ortho intramolecular Hbond substituents is 1. The summed E-state index contributed by atoms with van der Waals surface area (Å²) in [5.41, 5.74) is 1.73. The van der Waals surface area contributed by atoms with Crippen LogP contribution in [0.25, 0.3) is 6.08 Å². The molecule has 2 N–H and O–H groups in total. The van der Waals surface area contributed by atoms with E-state index in [1.807, 2.05) is 25.1 Å². The topological polar surface area (TPSA) is 52.9 Å². The summed E-state index contributed by atoms with van der Waals surface area (Å²) in [6.07, 6.45) is 9.40. The van der Waals surface area contributed by atoms with Gasteiger partial charge in [-0.3, -0.25) is 4.90 Å². The number of likely N-dealkylation sites (tertiary alicyclic amines) is 1. The molecule has 30 heavy (non-hydrogen) atoms. The third kappa shape index (κ3) is 4.40. The zero-order chi connectivity index (χ0) is 21.0. The van der Waals surface area contributed by atoms with Gasteiger partial charge in [0.1, 0.15) is 0 Å². The summed E-state index contributed by atoms with van der Waals surface area (Å²) >= 11 is 0. The number of aliphatic hydroxyl groups is 1. The molecule has 160 valence electrons. The maximum absolute atomic E-state index is 11.4. The summed E-state index contributed by atoms with van der Waals surface area (Å²) in [4.78, 5) is 2.48. The molecule has 1 aliphatic heterocycles. The summed E-state index contributed by atoms with van der Waals surface area (Å²) in [5, 5.41) is 21.6. The molecular weight excluding hydrogens is 374 g/mol. The Kier molecular flexibility index (Phi) is 6.45. The van der Waals surface area contributed by atoms with Gasteiger partial charge in [-0.05, 0) is 49.4 Å². The molecule has 0 unspecified atom stereocenters. The van der Waals surface area contributed by atoms with Gasteiger partial charge in [0.05, 0.1) is 12.2 Å². The average Bonchev–Trinajstić information content (AvgIpc) is 2.76. The molecule has 0 spiro atoms. The number of ether oxygens (including phenoxy) is 1. The van der Waals surface area contributed by atoms with E-state index in [-0.39, 0.29) is 17.7 Å². The van der Waals surface area contributed by atoms with Gasteiger partial charge in [-0.1, -0.05) is 61.4 Å². The van der Waals surface area contributed by atoms with E-state index in [4.69, 9.17) is 4.74 Å². The van der Waals surface area contributed by atoms with Gasteiger partial charge in [0.2, 0.25) is 0 Å². The van der Waals surface area contributed by atoms with Crippen molar-refractivity contribution < 1.29 is 14.9 Å². The Labute approximate surface area is 179 Å². The van der Waals surface area contributed by atoms with E-state index in [1.54, 1.807) is 6.07 Å². The highest BCUT2D eigenvalue weighted by atomic mass is 16.5. The lowest BCUT2D eigenvalue weighted by molar-refractivity contribution is -0.122. The molecule has 4 rings (SSSR count). The molecule has 0 radical (unpaired) electrons. The summed E-state index contributed by atoms with van der Waals surface area (Å²) in [7, 11) is 0. The molecule has 4 heteroatoms. The van der Waals surface area contributed by atoms with Crippen LogP contribution in [-0.2, 0) is 0 Å². The van der Waals surface area contributed by atoms with E-state index in [0.29, 0.717) is 12.4 Å². The number of hydrogen-bond acceptors (Lipinski definition) is 4. The van der Waals surface area contributed by atoms with Crippen LogP contribution in [0.5, 0.6) is 11.5 Å². The van der Waals surface area contributed by atoms with Gasteiger partial charge in [0.15, 0.2) is 11.5 Å². The molecule has 1 aliphatic carbocycles. The second-order valence-electron chi connectivity index (χ2n) is 8.62. The quantitative estimate of drug-likeness (QED) is 0.693. The Bertz CT molecular complexity index is 866. The smallest absolute Gasteiger partial charge is 0.161 e. The third-order valence-electron chi connectivity index (χ3n) is 6.75. The fraction of sp³-hybridized carbons (Fsp3) is 0.462. The van der Waals surface area contributed by atoms with Crippen LogP contribution in [0, 0.1) is 5.92 Å². The number of rotatable bonds is 6. The number of aromatic hydroxyl groups is 1. The van der Waals surface area contributed by atoms with Crippen LogP contribution in [0.3, 0.4) is 0 Å². The van der Waals surface area contributed by atoms with E-state index in [9.17, 15) is 10.2 Å². The van der Waals surface area contributed by atoms with Crippen molar-refractivity contribution in [2.45, 2.75) is 50.7 Å². The van der Waals surface area contributed by atoms with Crippen molar-refractivity contribution in [2.75, 3.05) is 19.7 Å². The minimum absolute atomic E-state index is 0.115. The zero-order valence-corrected chi connectivity index (χ0v) is 17.8. The van der Waals surface area contributed by atoms with Gasteiger partial charge >= 0.3 is 0 Å². The van der Waals surface area contributed by atoms with E-state index in [2.05, 4.69) is 41.3 Å².